The highest BCUT2D eigenvalue weighted by Gasteiger charge is 2.23. The zero-order chi connectivity index (χ0) is 20.7. The summed E-state index contributed by atoms with van der Waals surface area (Å²) in [5.74, 6) is -1.43. The van der Waals surface area contributed by atoms with Crippen molar-refractivity contribution in [2.24, 2.45) is 0 Å². The molecule has 0 bridgehead atoms. The smallest absolute Gasteiger partial charge is 0.387 e. The minimum atomic E-state index is -3.05. The number of esters is 1. The van der Waals surface area contributed by atoms with Gasteiger partial charge in [0.1, 0.15) is 5.75 Å². The summed E-state index contributed by atoms with van der Waals surface area (Å²) in [6, 6.07) is 11.9. The third-order valence-corrected chi connectivity index (χ3v) is 5.00. The van der Waals surface area contributed by atoms with Crippen molar-refractivity contribution >= 4 is 28.4 Å². The van der Waals surface area contributed by atoms with E-state index in [9.17, 15) is 22.6 Å². The number of alkyl halides is 2. The van der Waals surface area contributed by atoms with Crippen molar-refractivity contribution in [2.75, 3.05) is 11.1 Å². The van der Waals surface area contributed by atoms with Crippen molar-refractivity contribution < 1.29 is 32.1 Å². The number of hydrogen-bond donors (Lipinski definition) is 1. The molecule has 0 aliphatic carbocycles. The molecule has 28 heavy (non-hydrogen) atoms. The number of hydrogen-bond acceptors (Lipinski definition) is 5. The van der Waals surface area contributed by atoms with Crippen LogP contribution in [-0.2, 0) is 20.3 Å². The normalized spacial score (nSPS) is 12.9. The number of benzene rings is 2. The van der Waals surface area contributed by atoms with Gasteiger partial charge in [-0.2, -0.15) is 8.78 Å². The van der Waals surface area contributed by atoms with Gasteiger partial charge in [0.05, 0.1) is 26.9 Å². The Hall–Kier alpha value is -2.81. The Morgan fingerprint density at radius 2 is 1.75 bits per heavy atom. The minimum absolute atomic E-state index is 0.0168. The summed E-state index contributed by atoms with van der Waals surface area (Å²) >= 11 is 0. The third-order valence-electron chi connectivity index (χ3n) is 3.63. The first-order valence-corrected chi connectivity index (χ1v) is 9.68. The predicted molar refractivity (Wildman–Crippen MR) is 100.0 cm³/mol. The molecule has 2 aromatic rings. The fourth-order valence-electron chi connectivity index (χ4n) is 2.27. The van der Waals surface area contributed by atoms with E-state index in [1.54, 1.807) is 25.1 Å². The highest BCUT2D eigenvalue weighted by atomic mass is 32.2. The van der Waals surface area contributed by atoms with Crippen LogP contribution < -0.4 is 10.1 Å². The number of anilines is 1. The molecule has 0 heterocycles. The summed E-state index contributed by atoms with van der Waals surface area (Å²) in [6.45, 7) is 0.000380. The Bertz CT molecular complexity index is 875. The van der Waals surface area contributed by atoms with E-state index >= 15 is 0 Å². The predicted octanol–water partition coefficient (Wildman–Crippen LogP) is 3.60. The second-order valence-electron chi connectivity index (χ2n) is 5.54. The van der Waals surface area contributed by atoms with Gasteiger partial charge in [0.15, 0.2) is 6.10 Å². The topological polar surface area (TPSA) is 81.7 Å². The Balaban J connectivity index is 2.10. The Morgan fingerprint density at radius 1 is 1.11 bits per heavy atom. The van der Waals surface area contributed by atoms with Crippen LogP contribution in [0.3, 0.4) is 0 Å². The quantitative estimate of drug-likeness (QED) is 0.672. The number of halogens is 2. The maximum absolute atomic E-state index is 12.5. The maximum Gasteiger partial charge on any atom is 0.387 e. The van der Waals surface area contributed by atoms with E-state index in [2.05, 4.69) is 10.1 Å². The van der Waals surface area contributed by atoms with Crippen LogP contribution in [0.1, 0.15) is 24.2 Å². The molecule has 0 aliphatic rings. The van der Waals surface area contributed by atoms with E-state index in [0.717, 1.165) is 0 Å². The van der Waals surface area contributed by atoms with Crippen LogP contribution >= 0.6 is 0 Å². The van der Waals surface area contributed by atoms with Gasteiger partial charge in [0, 0.05) is 5.75 Å². The van der Waals surface area contributed by atoms with Gasteiger partial charge in [-0.3, -0.25) is 9.00 Å². The number of amides is 1. The molecule has 1 amide bonds. The number of carbonyl (C=O) groups excluding carboxylic acids is 2. The standard InChI is InChI=1S/C19H19F2NO5S/c1-3-28(25)16-11-7-4-8-13(16)18(24)26-12(2)17(23)22-14-9-5-6-10-15(14)27-19(20)21/h4-12,19H,3H2,1-2H3,(H,22,23)/t12-,28-/m0/s1. The molecule has 2 aromatic carbocycles. The van der Waals surface area contributed by atoms with Gasteiger partial charge in [-0.15, -0.1) is 0 Å². The highest BCUT2D eigenvalue weighted by Crippen LogP contribution is 2.26. The van der Waals surface area contributed by atoms with Crippen LogP contribution in [0, 0.1) is 0 Å². The summed E-state index contributed by atoms with van der Waals surface area (Å²) < 4.78 is 46.5. The highest BCUT2D eigenvalue weighted by molar-refractivity contribution is 7.85. The SMILES string of the molecule is CC[S@](=O)c1ccccc1C(=O)O[C@@H](C)C(=O)Nc1ccccc1OC(F)F. The second-order valence-corrected chi connectivity index (χ2v) is 7.25. The van der Waals surface area contributed by atoms with Crippen molar-refractivity contribution in [3.8, 4) is 5.75 Å². The lowest BCUT2D eigenvalue weighted by Gasteiger charge is -2.16. The van der Waals surface area contributed by atoms with Gasteiger partial charge >= 0.3 is 12.6 Å². The molecule has 6 nitrogen and oxygen atoms in total. The lowest BCUT2D eigenvalue weighted by molar-refractivity contribution is -0.123. The largest absolute Gasteiger partial charge is 0.449 e. The van der Waals surface area contributed by atoms with Crippen LogP contribution in [0.15, 0.2) is 53.4 Å². The lowest BCUT2D eigenvalue weighted by Crippen LogP contribution is -2.30. The molecule has 0 fully saturated rings. The summed E-state index contributed by atoms with van der Waals surface area (Å²) in [7, 11) is -1.38. The molecule has 0 saturated carbocycles. The molecule has 9 heteroatoms. The summed E-state index contributed by atoms with van der Waals surface area (Å²) in [6.07, 6.45) is -1.23. The number of para-hydroxylation sites is 2. The zero-order valence-electron chi connectivity index (χ0n) is 15.2. The molecule has 2 atom stereocenters. The Kier molecular flexibility index (Phi) is 7.62. The van der Waals surface area contributed by atoms with E-state index < -0.39 is 35.4 Å². The van der Waals surface area contributed by atoms with Crippen molar-refractivity contribution in [1.82, 2.24) is 0 Å². The van der Waals surface area contributed by atoms with Gasteiger partial charge in [0.2, 0.25) is 0 Å². The molecule has 0 spiro atoms. The monoisotopic (exact) mass is 411 g/mol. The second kappa shape index (κ2) is 9.93. The van der Waals surface area contributed by atoms with Crippen molar-refractivity contribution in [3.63, 3.8) is 0 Å². The van der Waals surface area contributed by atoms with E-state index in [4.69, 9.17) is 4.74 Å². The van der Waals surface area contributed by atoms with Gasteiger partial charge in [-0.25, -0.2) is 4.79 Å². The molecule has 0 radical (unpaired) electrons. The fraction of sp³-hybridized carbons (Fsp3) is 0.263. The van der Waals surface area contributed by atoms with Crippen LogP contribution in [0.4, 0.5) is 14.5 Å². The zero-order valence-corrected chi connectivity index (χ0v) is 16.0. The average molecular weight is 411 g/mol. The third kappa shape index (κ3) is 5.59. The van der Waals surface area contributed by atoms with E-state index in [1.165, 1.54) is 37.3 Å². The number of carbonyl (C=O) groups is 2. The summed E-state index contributed by atoms with van der Waals surface area (Å²) in [4.78, 5) is 25.0. The first kappa shape index (κ1) is 21.5. The van der Waals surface area contributed by atoms with Crippen LogP contribution in [-0.4, -0.2) is 34.6 Å². The van der Waals surface area contributed by atoms with Gasteiger partial charge in [-0.05, 0) is 31.2 Å². The Labute approximate surface area is 163 Å². The van der Waals surface area contributed by atoms with Gasteiger partial charge < -0.3 is 14.8 Å². The van der Waals surface area contributed by atoms with E-state index in [0.29, 0.717) is 10.6 Å². The van der Waals surface area contributed by atoms with Crippen LogP contribution in [0.2, 0.25) is 0 Å². The fourth-order valence-corrected chi connectivity index (χ4v) is 3.21. The van der Waals surface area contributed by atoms with Gasteiger partial charge in [0.25, 0.3) is 5.91 Å². The average Bonchev–Trinajstić information content (AvgIpc) is 2.68. The molecule has 0 saturated heterocycles. The van der Waals surface area contributed by atoms with E-state index in [-0.39, 0.29) is 17.0 Å². The minimum Gasteiger partial charge on any atom is -0.449 e. The summed E-state index contributed by atoms with van der Waals surface area (Å²) in [5.41, 5.74) is 0.118. The molecule has 0 unspecified atom stereocenters. The van der Waals surface area contributed by atoms with Crippen molar-refractivity contribution in [3.05, 3.63) is 54.1 Å². The summed E-state index contributed by atoms with van der Waals surface area (Å²) in [5, 5.41) is 2.39. The molecular weight excluding hydrogens is 392 g/mol. The number of rotatable bonds is 8. The van der Waals surface area contributed by atoms with Crippen LogP contribution in [0.5, 0.6) is 5.75 Å². The number of nitrogens with one attached hydrogen (secondary N) is 1. The van der Waals surface area contributed by atoms with Crippen molar-refractivity contribution in [1.29, 1.82) is 0 Å². The van der Waals surface area contributed by atoms with Crippen LogP contribution in [0.25, 0.3) is 0 Å². The van der Waals surface area contributed by atoms with Crippen molar-refractivity contribution in [2.45, 2.75) is 31.5 Å². The molecule has 2 rings (SSSR count). The maximum atomic E-state index is 12.5. The molecule has 0 aliphatic heterocycles. The molecule has 150 valence electrons. The molecule has 1 N–H and O–H groups in total. The molecule has 0 aromatic heterocycles. The lowest BCUT2D eigenvalue weighted by atomic mass is 10.2. The Morgan fingerprint density at radius 3 is 2.43 bits per heavy atom. The first-order chi connectivity index (χ1) is 13.3. The molecular formula is C19H19F2NO5S. The van der Waals surface area contributed by atoms with E-state index in [1.807, 2.05) is 0 Å². The van der Waals surface area contributed by atoms with Gasteiger partial charge in [-0.1, -0.05) is 31.2 Å². The number of ether oxygens (including phenoxy) is 2. The first-order valence-electron chi connectivity index (χ1n) is 8.36.